The normalized spacial score (nSPS) is 15.1. The monoisotopic (exact) mass is 544 g/mol. The van der Waals surface area contributed by atoms with E-state index in [2.05, 4.69) is 4.99 Å². The molecular weight excluding hydrogens is 520 g/mol. The molecule has 1 atom stereocenters. The molecule has 1 unspecified atom stereocenters. The van der Waals surface area contributed by atoms with Crippen LogP contribution in [0.4, 0.5) is 0 Å². The summed E-state index contributed by atoms with van der Waals surface area (Å²) in [5, 5.41) is 9.52. The number of methoxy groups -OCH3 is 1. The van der Waals surface area contributed by atoms with E-state index >= 15 is 0 Å². The Morgan fingerprint density at radius 1 is 1.13 bits per heavy atom. The van der Waals surface area contributed by atoms with Crippen molar-refractivity contribution in [1.82, 2.24) is 4.57 Å². The standard InChI is InChI=1S/C29H24N2O7S/c1-4-37-28(35)24-16(2)30-29-31(25(24)17-9-11-18(36-3)12-10-17)26(32)23(39-29)15-19-13-14-22(38-19)20-7-5-6-8-21(20)27(33)34/h5-15,25H,4H2,1-3H3,(H,33,34)/b23-15+. The second kappa shape index (κ2) is 10.6. The quantitative estimate of drug-likeness (QED) is 0.352. The third-order valence-corrected chi connectivity index (χ3v) is 7.25. The fourth-order valence-corrected chi connectivity index (χ4v) is 5.51. The Balaban J connectivity index is 1.63. The first-order chi connectivity index (χ1) is 18.8. The van der Waals surface area contributed by atoms with Crippen LogP contribution in [0, 0.1) is 0 Å². The molecule has 3 heterocycles. The zero-order valence-electron chi connectivity index (χ0n) is 21.3. The predicted molar refractivity (Wildman–Crippen MR) is 144 cm³/mol. The molecule has 2 aromatic heterocycles. The van der Waals surface area contributed by atoms with E-state index in [1.807, 2.05) is 0 Å². The van der Waals surface area contributed by atoms with Crippen LogP contribution in [0.5, 0.6) is 5.75 Å². The van der Waals surface area contributed by atoms with Crippen molar-refractivity contribution in [3.8, 4) is 17.1 Å². The first kappa shape index (κ1) is 25.9. The van der Waals surface area contributed by atoms with Crippen molar-refractivity contribution in [2.75, 3.05) is 13.7 Å². The van der Waals surface area contributed by atoms with Crippen molar-refractivity contribution in [3.05, 3.63) is 109 Å². The van der Waals surface area contributed by atoms with Gasteiger partial charge in [-0.3, -0.25) is 9.36 Å². The SMILES string of the molecule is CCOC(=O)C1=C(C)N=c2s/c(=C/c3ccc(-c4ccccc4C(=O)O)o3)c(=O)n2C1c1ccc(OC)cc1. The minimum absolute atomic E-state index is 0.110. The van der Waals surface area contributed by atoms with E-state index < -0.39 is 18.0 Å². The van der Waals surface area contributed by atoms with Gasteiger partial charge in [-0.1, -0.05) is 41.7 Å². The minimum atomic E-state index is -1.07. The number of allylic oxidation sites excluding steroid dienone is 1. The highest BCUT2D eigenvalue weighted by atomic mass is 32.1. The van der Waals surface area contributed by atoms with Crippen LogP contribution in [0.25, 0.3) is 17.4 Å². The number of benzene rings is 2. The van der Waals surface area contributed by atoms with E-state index in [4.69, 9.17) is 13.9 Å². The zero-order valence-corrected chi connectivity index (χ0v) is 22.2. The highest BCUT2D eigenvalue weighted by Crippen LogP contribution is 2.32. The van der Waals surface area contributed by atoms with E-state index in [0.717, 1.165) is 0 Å². The average Bonchev–Trinajstić information content (AvgIpc) is 3.52. The fourth-order valence-electron chi connectivity index (χ4n) is 4.48. The van der Waals surface area contributed by atoms with Crippen LogP contribution in [-0.2, 0) is 9.53 Å². The summed E-state index contributed by atoms with van der Waals surface area (Å²) in [4.78, 5) is 43.4. The number of carboxylic acids is 1. The molecule has 0 fully saturated rings. The number of fused-ring (bicyclic) bond motifs is 1. The van der Waals surface area contributed by atoms with Crippen molar-refractivity contribution in [1.29, 1.82) is 0 Å². The zero-order chi connectivity index (χ0) is 27.7. The summed E-state index contributed by atoms with van der Waals surface area (Å²) in [6.45, 7) is 3.62. The Labute approximate surface area is 226 Å². The third-order valence-electron chi connectivity index (χ3n) is 6.27. The molecule has 0 saturated heterocycles. The first-order valence-corrected chi connectivity index (χ1v) is 12.9. The summed E-state index contributed by atoms with van der Waals surface area (Å²) in [5.41, 5.74) is 1.64. The molecule has 0 aliphatic carbocycles. The molecule has 198 valence electrons. The van der Waals surface area contributed by atoms with Crippen molar-refractivity contribution in [3.63, 3.8) is 0 Å². The van der Waals surface area contributed by atoms with Crippen LogP contribution in [0.1, 0.15) is 41.6 Å². The van der Waals surface area contributed by atoms with Gasteiger partial charge in [0.15, 0.2) is 4.80 Å². The maximum atomic E-state index is 13.7. The number of esters is 1. The summed E-state index contributed by atoms with van der Waals surface area (Å²) in [6, 6.07) is 16.3. The molecule has 1 N–H and O–H groups in total. The van der Waals surface area contributed by atoms with Crippen molar-refractivity contribution in [2.45, 2.75) is 19.9 Å². The average molecular weight is 545 g/mol. The predicted octanol–water partition coefficient (Wildman–Crippen LogP) is 3.77. The van der Waals surface area contributed by atoms with Crippen LogP contribution >= 0.6 is 11.3 Å². The molecule has 0 spiro atoms. The van der Waals surface area contributed by atoms with Crippen molar-refractivity contribution in [2.24, 2.45) is 4.99 Å². The van der Waals surface area contributed by atoms with E-state index in [9.17, 15) is 19.5 Å². The van der Waals surface area contributed by atoms with Crippen LogP contribution in [0.3, 0.4) is 0 Å². The molecule has 39 heavy (non-hydrogen) atoms. The summed E-state index contributed by atoms with van der Waals surface area (Å²) in [6.07, 6.45) is 1.59. The lowest BCUT2D eigenvalue weighted by atomic mass is 9.96. The summed E-state index contributed by atoms with van der Waals surface area (Å²) in [5.74, 6) is -0.228. The highest BCUT2D eigenvalue weighted by Gasteiger charge is 2.33. The largest absolute Gasteiger partial charge is 0.497 e. The number of carboxylic acid groups (broad SMARTS) is 1. The lowest BCUT2D eigenvalue weighted by molar-refractivity contribution is -0.139. The van der Waals surface area contributed by atoms with E-state index in [-0.39, 0.29) is 23.3 Å². The van der Waals surface area contributed by atoms with Crippen LogP contribution in [0.15, 0.2) is 86.1 Å². The molecule has 0 saturated carbocycles. The number of furan rings is 1. The number of hydrogen-bond donors (Lipinski definition) is 1. The number of rotatable bonds is 7. The second-order valence-electron chi connectivity index (χ2n) is 8.63. The van der Waals surface area contributed by atoms with E-state index in [1.54, 1.807) is 81.6 Å². The Bertz CT molecular complexity index is 1790. The Morgan fingerprint density at radius 2 is 1.87 bits per heavy atom. The number of nitrogens with zero attached hydrogens (tertiary/aromatic N) is 2. The maximum absolute atomic E-state index is 13.7. The van der Waals surface area contributed by atoms with Gasteiger partial charge in [-0.25, -0.2) is 14.6 Å². The van der Waals surface area contributed by atoms with Gasteiger partial charge in [0.1, 0.15) is 17.3 Å². The van der Waals surface area contributed by atoms with Crippen molar-refractivity contribution < 1.29 is 28.6 Å². The topological polar surface area (TPSA) is 120 Å². The van der Waals surface area contributed by atoms with Crippen LogP contribution in [0.2, 0.25) is 0 Å². The number of ether oxygens (including phenoxy) is 2. The molecule has 5 rings (SSSR count). The number of carbonyl (C=O) groups excluding carboxylic acids is 1. The fraction of sp³-hybridized carbons (Fsp3) is 0.172. The second-order valence-corrected chi connectivity index (χ2v) is 9.64. The molecule has 10 heteroatoms. The first-order valence-electron chi connectivity index (χ1n) is 12.1. The Kier molecular flexibility index (Phi) is 7.03. The molecule has 9 nitrogen and oxygen atoms in total. The number of thiazole rings is 1. The molecule has 2 aromatic carbocycles. The molecular formula is C29H24N2O7S. The van der Waals surface area contributed by atoms with Gasteiger partial charge in [0.05, 0.1) is 41.1 Å². The number of hydrogen-bond acceptors (Lipinski definition) is 8. The molecule has 1 aliphatic rings. The van der Waals surface area contributed by atoms with E-state index in [1.165, 1.54) is 22.0 Å². The van der Waals surface area contributed by atoms with Gasteiger partial charge in [0.25, 0.3) is 5.56 Å². The lowest BCUT2D eigenvalue weighted by Gasteiger charge is -2.24. The number of aromatic carboxylic acids is 1. The molecule has 4 aromatic rings. The van der Waals surface area contributed by atoms with Gasteiger partial charge in [-0.2, -0.15) is 0 Å². The number of aromatic nitrogens is 1. The minimum Gasteiger partial charge on any atom is -0.497 e. The molecule has 1 aliphatic heterocycles. The van der Waals surface area contributed by atoms with Gasteiger partial charge >= 0.3 is 11.9 Å². The van der Waals surface area contributed by atoms with E-state index in [0.29, 0.717) is 43.4 Å². The Morgan fingerprint density at radius 3 is 2.56 bits per heavy atom. The summed E-state index contributed by atoms with van der Waals surface area (Å²) >= 11 is 1.17. The van der Waals surface area contributed by atoms with Gasteiger partial charge in [0.2, 0.25) is 0 Å². The van der Waals surface area contributed by atoms with Gasteiger partial charge in [-0.15, -0.1) is 0 Å². The third kappa shape index (κ3) is 4.82. The van der Waals surface area contributed by atoms with Gasteiger partial charge < -0.3 is 19.0 Å². The molecule has 0 radical (unpaired) electrons. The lowest BCUT2D eigenvalue weighted by Crippen LogP contribution is -2.39. The smallest absolute Gasteiger partial charge is 0.338 e. The Hall–Kier alpha value is -4.70. The molecule has 0 bridgehead atoms. The summed E-state index contributed by atoms with van der Waals surface area (Å²) in [7, 11) is 1.56. The summed E-state index contributed by atoms with van der Waals surface area (Å²) < 4.78 is 18.3. The van der Waals surface area contributed by atoms with Gasteiger partial charge in [-0.05, 0) is 49.7 Å². The number of carbonyl (C=O) groups is 2. The van der Waals surface area contributed by atoms with Gasteiger partial charge in [0, 0.05) is 11.6 Å². The highest BCUT2D eigenvalue weighted by molar-refractivity contribution is 7.07. The van der Waals surface area contributed by atoms with Crippen LogP contribution in [-0.4, -0.2) is 35.3 Å². The molecule has 0 amide bonds. The van der Waals surface area contributed by atoms with Crippen LogP contribution < -0.4 is 19.6 Å². The van der Waals surface area contributed by atoms with Crippen molar-refractivity contribution >= 4 is 29.4 Å². The maximum Gasteiger partial charge on any atom is 0.338 e.